The molecule has 1 spiro atoms. The number of hydrogen-bond donors (Lipinski definition) is 0. The molecule has 22 heavy (non-hydrogen) atoms. The Morgan fingerprint density at radius 2 is 2.09 bits per heavy atom. The maximum Gasteiger partial charge on any atom is 0.235 e. The van der Waals surface area contributed by atoms with Crippen molar-refractivity contribution in [1.29, 1.82) is 0 Å². The second-order valence-corrected chi connectivity index (χ2v) is 8.56. The maximum absolute atomic E-state index is 12.9. The van der Waals surface area contributed by atoms with E-state index < -0.39 is 10.0 Å². The highest BCUT2D eigenvalue weighted by atomic mass is 32.2. The number of ether oxygens (including phenoxy) is 2. The van der Waals surface area contributed by atoms with Gasteiger partial charge in [-0.15, -0.1) is 0 Å². The lowest BCUT2D eigenvalue weighted by atomic mass is 10.1. The van der Waals surface area contributed by atoms with Gasteiger partial charge in [-0.1, -0.05) is 12.1 Å². The molecule has 0 radical (unpaired) electrons. The highest BCUT2D eigenvalue weighted by molar-refractivity contribution is 7.92. The Morgan fingerprint density at radius 1 is 1.27 bits per heavy atom. The summed E-state index contributed by atoms with van der Waals surface area (Å²) in [5.74, 6) is 0.954. The minimum Gasteiger partial charge on any atom is -0.483 e. The summed E-state index contributed by atoms with van der Waals surface area (Å²) in [5, 5.41) is 0. The summed E-state index contributed by atoms with van der Waals surface area (Å²) in [4.78, 5) is 0. The standard InChI is InChI=1S/C16H21NO4S/c18-22(19,11-13-4-3-9-20-10-13)17-12-16(7-8-16)21-15-6-2-1-5-14(15)17/h1-2,5-6,13H,3-4,7-12H2. The van der Waals surface area contributed by atoms with Gasteiger partial charge in [-0.25, -0.2) is 8.42 Å². The molecule has 1 saturated carbocycles. The SMILES string of the molecule is O=S(=O)(CC1CCCOC1)N1CC2(CC2)Oc2ccccc21. The monoisotopic (exact) mass is 323 g/mol. The minimum atomic E-state index is -3.35. The molecule has 1 atom stereocenters. The Balaban J connectivity index is 1.62. The lowest BCUT2D eigenvalue weighted by Crippen LogP contribution is -2.47. The van der Waals surface area contributed by atoms with Gasteiger partial charge in [0.1, 0.15) is 11.4 Å². The number of fused-ring (bicyclic) bond motifs is 1. The van der Waals surface area contributed by atoms with E-state index >= 15 is 0 Å². The molecule has 3 aliphatic rings. The van der Waals surface area contributed by atoms with E-state index in [-0.39, 0.29) is 17.3 Å². The molecule has 2 fully saturated rings. The molecule has 1 aromatic rings. The van der Waals surface area contributed by atoms with Crippen LogP contribution >= 0.6 is 0 Å². The van der Waals surface area contributed by atoms with Gasteiger partial charge in [0.2, 0.25) is 10.0 Å². The van der Waals surface area contributed by atoms with E-state index in [1.807, 2.05) is 24.3 Å². The van der Waals surface area contributed by atoms with Gasteiger partial charge in [-0.3, -0.25) is 4.31 Å². The average molecular weight is 323 g/mol. The van der Waals surface area contributed by atoms with Gasteiger partial charge in [0, 0.05) is 6.61 Å². The first-order chi connectivity index (χ1) is 10.6. The summed E-state index contributed by atoms with van der Waals surface area (Å²) in [5.41, 5.74) is 0.390. The molecule has 1 unspecified atom stereocenters. The van der Waals surface area contributed by atoms with E-state index in [9.17, 15) is 8.42 Å². The topological polar surface area (TPSA) is 55.8 Å². The summed E-state index contributed by atoms with van der Waals surface area (Å²) < 4.78 is 38.9. The minimum absolute atomic E-state index is 0.101. The van der Waals surface area contributed by atoms with Crippen LogP contribution in [0.25, 0.3) is 0 Å². The van der Waals surface area contributed by atoms with Gasteiger partial charge in [0.25, 0.3) is 0 Å². The molecular formula is C16H21NO4S. The zero-order chi connectivity index (χ0) is 15.2. The third-order valence-corrected chi connectivity index (χ3v) is 6.63. The fourth-order valence-electron chi connectivity index (χ4n) is 3.34. The molecule has 1 saturated heterocycles. The number of para-hydroxylation sites is 2. The van der Waals surface area contributed by atoms with Gasteiger partial charge in [0.05, 0.1) is 24.6 Å². The van der Waals surface area contributed by atoms with Crippen molar-refractivity contribution in [3.63, 3.8) is 0 Å². The van der Waals surface area contributed by atoms with E-state index in [0.29, 0.717) is 24.6 Å². The van der Waals surface area contributed by atoms with Gasteiger partial charge in [0.15, 0.2) is 0 Å². The molecular weight excluding hydrogens is 302 g/mol. The number of benzene rings is 1. The second-order valence-electron chi connectivity index (χ2n) is 6.62. The lowest BCUT2D eigenvalue weighted by Gasteiger charge is -2.36. The van der Waals surface area contributed by atoms with Crippen LogP contribution in [0, 0.1) is 5.92 Å². The first-order valence-corrected chi connectivity index (χ1v) is 9.55. The third-order valence-electron chi connectivity index (χ3n) is 4.74. The van der Waals surface area contributed by atoms with Gasteiger partial charge in [-0.05, 0) is 43.7 Å². The fraction of sp³-hybridized carbons (Fsp3) is 0.625. The van der Waals surface area contributed by atoms with Crippen LogP contribution in [0.1, 0.15) is 25.7 Å². The van der Waals surface area contributed by atoms with Crippen LogP contribution in [0.2, 0.25) is 0 Å². The number of hydrogen-bond acceptors (Lipinski definition) is 4. The molecule has 120 valence electrons. The van der Waals surface area contributed by atoms with E-state index in [0.717, 1.165) is 32.3 Å². The molecule has 5 nitrogen and oxygen atoms in total. The van der Waals surface area contributed by atoms with Gasteiger partial charge >= 0.3 is 0 Å². The van der Waals surface area contributed by atoms with E-state index in [1.54, 1.807) is 4.31 Å². The largest absolute Gasteiger partial charge is 0.483 e. The smallest absolute Gasteiger partial charge is 0.235 e. The van der Waals surface area contributed by atoms with E-state index in [2.05, 4.69) is 0 Å². The Morgan fingerprint density at radius 3 is 2.82 bits per heavy atom. The first-order valence-electron chi connectivity index (χ1n) is 7.94. The number of anilines is 1. The Kier molecular flexibility index (Phi) is 3.34. The summed E-state index contributed by atoms with van der Waals surface area (Å²) >= 11 is 0. The normalized spacial score (nSPS) is 26.4. The quantitative estimate of drug-likeness (QED) is 0.855. The lowest BCUT2D eigenvalue weighted by molar-refractivity contribution is 0.0625. The van der Waals surface area contributed by atoms with Crippen LogP contribution in [0.5, 0.6) is 5.75 Å². The van der Waals surface area contributed by atoms with Crippen molar-refractivity contribution in [2.75, 3.05) is 29.8 Å². The van der Waals surface area contributed by atoms with Crippen molar-refractivity contribution in [3.8, 4) is 5.75 Å². The molecule has 2 aliphatic heterocycles. The van der Waals surface area contributed by atoms with Crippen molar-refractivity contribution >= 4 is 15.7 Å². The van der Waals surface area contributed by atoms with Crippen LogP contribution in [0.15, 0.2) is 24.3 Å². The van der Waals surface area contributed by atoms with Crippen molar-refractivity contribution in [1.82, 2.24) is 0 Å². The number of sulfonamides is 1. The first kappa shape index (κ1) is 14.3. The predicted octanol–water partition coefficient (Wildman–Crippen LogP) is 2.17. The summed E-state index contributed by atoms with van der Waals surface area (Å²) in [6.07, 6.45) is 3.74. The molecule has 1 aliphatic carbocycles. The molecule has 2 heterocycles. The van der Waals surface area contributed by atoms with Crippen molar-refractivity contribution in [3.05, 3.63) is 24.3 Å². The average Bonchev–Trinajstić information content (AvgIpc) is 3.26. The van der Waals surface area contributed by atoms with Crippen LogP contribution in [0.3, 0.4) is 0 Å². The Labute approximate surface area is 131 Å². The molecule has 0 amide bonds. The Hall–Kier alpha value is -1.27. The molecule has 1 aromatic carbocycles. The second kappa shape index (κ2) is 5.13. The van der Waals surface area contributed by atoms with Crippen LogP contribution in [0.4, 0.5) is 5.69 Å². The summed E-state index contributed by atoms with van der Waals surface area (Å²) in [6.45, 7) is 1.75. The van der Waals surface area contributed by atoms with Crippen LogP contribution < -0.4 is 9.04 Å². The van der Waals surface area contributed by atoms with E-state index in [1.165, 1.54) is 0 Å². The molecule has 0 aromatic heterocycles. The zero-order valence-corrected chi connectivity index (χ0v) is 13.3. The van der Waals surface area contributed by atoms with Gasteiger partial charge in [-0.2, -0.15) is 0 Å². The molecule has 0 N–H and O–H groups in total. The van der Waals surface area contributed by atoms with Crippen LogP contribution in [-0.4, -0.2) is 39.5 Å². The summed E-state index contributed by atoms with van der Waals surface area (Å²) in [6, 6.07) is 7.44. The highest BCUT2D eigenvalue weighted by Crippen LogP contribution is 2.49. The van der Waals surface area contributed by atoms with Gasteiger partial charge < -0.3 is 9.47 Å². The van der Waals surface area contributed by atoms with Crippen LogP contribution in [-0.2, 0) is 14.8 Å². The fourth-order valence-corrected chi connectivity index (χ4v) is 5.26. The Bertz CT molecular complexity index is 662. The zero-order valence-electron chi connectivity index (χ0n) is 12.5. The molecule has 6 heteroatoms. The molecule has 0 bridgehead atoms. The van der Waals surface area contributed by atoms with Crippen molar-refractivity contribution in [2.45, 2.75) is 31.3 Å². The molecule has 4 rings (SSSR count). The number of rotatable bonds is 3. The highest BCUT2D eigenvalue weighted by Gasteiger charge is 2.52. The van der Waals surface area contributed by atoms with Crippen molar-refractivity contribution in [2.24, 2.45) is 5.92 Å². The number of nitrogens with zero attached hydrogens (tertiary/aromatic N) is 1. The maximum atomic E-state index is 12.9. The van der Waals surface area contributed by atoms with Crippen molar-refractivity contribution < 1.29 is 17.9 Å². The summed E-state index contributed by atoms with van der Waals surface area (Å²) in [7, 11) is -3.35. The predicted molar refractivity (Wildman–Crippen MR) is 83.7 cm³/mol. The van der Waals surface area contributed by atoms with E-state index in [4.69, 9.17) is 9.47 Å². The third kappa shape index (κ3) is 2.58.